The number of guanidine groups is 1. The first-order valence-electron chi connectivity index (χ1n) is 8.43. The summed E-state index contributed by atoms with van der Waals surface area (Å²) in [6.07, 6.45) is 2.19. The van der Waals surface area contributed by atoms with Crippen LogP contribution in [0.25, 0.3) is 0 Å². The first-order chi connectivity index (χ1) is 10.8. The highest BCUT2D eigenvalue weighted by Crippen LogP contribution is 2.14. The van der Waals surface area contributed by atoms with Gasteiger partial charge in [-0.15, -0.1) is 0 Å². The molecule has 0 aliphatic heterocycles. The van der Waals surface area contributed by atoms with Crippen molar-refractivity contribution in [2.75, 3.05) is 20.2 Å². The predicted octanol–water partition coefficient (Wildman–Crippen LogP) is 1.95. The number of hydrogen-bond acceptors (Lipinski definition) is 3. The normalized spacial score (nSPS) is 13.5. The highest BCUT2D eigenvalue weighted by atomic mass is 16.5. The zero-order chi connectivity index (χ0) is 17.4. The van der Waals surface area contributed by atoms with E-state index in [0.717, 1.165) is 37.6 Å². The largest absolute Gasteiger partial charge is 0.379 e. The van der Waals surface area contributed by atoms with Gasteiger partial charge in [-0.05, 0) is 53.0 Å². The fraction of sp³-hybridized carbons (Fsp3) is 0.765. The average Bonchev–Trinajstić information content (AvgIpc) is 2.71. The number of hydrogen-bond donors (Lipinski definition) is 2. The molecule has 2 N–H and O–H groups in total. The molecule has 0 saturated carbocycles. The Morgan fingerprint density at radius 2 is 2.00 bits per heavy atom. The third kappa shape index (κ3) is 6.60. The lowest BCUT2D eigenvalue weighted by Crippen LogP contribution is -2.43. The van der Waals surface area contributed by atoms with Crippen LogP contribution in [0.15, 0.2) is 4.99 Å². The van der Waals surface area contributed by atoms with E-state index in [1.165, 1.54) is 11.3 Å². The first-order valence-corrected chi connectivity index (χ1v) is 8.43. The van der Waals surface area contributed by atoms with Crippen LogP contribution >= 0.6 is 0 Å². The summed E-state index contributed by atoms with van der Waals surface area (Å²) >= 11 is 0. The van der Waals surface area contributed by atoms with Gasteiger partial charge >= 0.3 is 0 Å². The van der Waals surface area contributed by atoms with E-state index in [4.69, 9.17) is 4.74 Å². The van der Waals surface area contributed by atoms with Gasteiger partial charge in [0.05, 0.1) is 11.8 Å². The number of ether oxygens (including phenoxy) is 1. The third-order valence-corrected chi connectivity index (χ3v) is 3.84. The van der Waals surface area contributed by atoms with Crippen molar-refractivity contribution in [1.82, 2.24) is 20.4 Å². The maximum Gasteiger partial charge on any atom is 0.191 e. The molecule has 1 aromatic rings. The summed E-state index contributed by atoms with van der Waals surface area (Å²) < 4.78 is 7.48. The molecule has 1 heterocycles. The standard InChI is InChI=1S/C17H33N5O/c1-12(2)23-10-8-9-19-17(18-6)20-13(3)11-16-14(4)21-22(7)15(16)5/h12-13H,8-11H2,1-7H3,(H2,18,19,20). The van der Waals surface area contributed by atoms with Crippen molar-refractivity contribution >= 4 is 5.96 Å². The fourth-order valence-electron chi connectivity index (χ4n) is 2.50. The minimum absolute atomic E-state index is 0.287. The molecule has 0 aromatic carbocycles. The number of aliphatic imine (C=N–C) groups is 1. The zero-order valence-corrected chi connectivity index (χ0v) is 15.7. The van der Waals surface area contributed by atoms with Crippen molar-refractivity contribution in [3.63, 3.8) is 0 Å². The van der Waals surface area contributed by atoms with Gasteiger partial charge in [0, 0.05) is 39.0 Å². The Kier molecular flexibility index (Phi) is 8.09. The summed E-state index contributed by atoms with van der Waals surface area (Å²) in [5, 5.41) is 11.2. The Balaban J connectivity index is 2.40. The van der Waals surface area contributed by atoms with Gasteiger partial charge in [0.25, 0.3) is 0 Å². The van der Waals surface area contributed by atoms with E-state index in [9.17, 15) is 0 Å². The van der Waals surface area contributed by atoms with Crippen LogP contribution in [0.4, 0.5) is 0 Å². The van der Waals surface area contributed by atoms with Crippen LogP contribution in [0.5, 0.6) is 0 Å². The molecule has 1 atom stereocenters. The smallest absolute Gasteiger partial charge is 0.191 e. The second-order valence-electron chi connectivity index (χ2n) is 6.29. The van der Waals surface area contributed by atoms with Gasteiger partial charge in [0.2, 0.25) is 0 Å². The summed E-state index contributed by atoms with van der Waals surface area (Å²) in [4.78, 5) is 4.29. The Labute approximate surface area is 140 Å². The maximum absolute atomic E-state index is 5.54. The van der Waals surface area contributed by atoms with Crippen LogP contribution in [0.1, 0.15) is 44.1 Å². The maximum atomic E-state index is 5.54. The highest BCUT2D eigenvalue weighted by molar-refractivity contribution is 5.79. The fourth-order valence-corrected chi connectivity index (χ4v) is 2.50. The van der Waals surface area contributed by atoms with Crippen LogP contribution in [0, 0.1) is 13.8 Å². The molecule has 0 aliphatic rings. The Hall–Kier alpha value is -1.56. The Bertz CT molecular complexity index is 507. The van der Waals surface area contributed by atoms with Crippen molar-refractivity contribution in [2.45, 2.75) is 59.6 Å². The minimum atomic E-state index is 0.287. The second-order valence-corrected chi connectivity index (χ2v) is 6.29. The molecule has 23 heavy (non-hydrogen) atoms. The van der Waals surface area contributed by atoms with Crippen molar-refractivity contribution in [3.05, 3.63) is 17.0 Å². The number of nitrogens with zero attached hydrogens (tertiary/aromatic N) is 3. The van der Waals surface area contributed by atoms with Gasteiger partial charge in [-0.1, -0.05) is 0 Å². The summed E-state index contributed by atoms with van der Waals surface area (Å²) in [5.74, 6) is 0.834. The van der Waals surface area contributed by atoms with Gasteiger partial charge in [0.15, 0.2) is 5.96 Å². The molecule has 1 aromatic heterocycles. The molecule has 0 fully saturated rings. The van der Waals surface area contributed by atoms with Crippen LogP contribution in [0.2, 0.25) is 0 Å². The highest BCUT2D eigenvalue weighted by Gasteiger charge is 2.13. The van der Waals surface area contributed by atoms with Crippen LogP contribution in [-0.2, 0) is 18.2 Å². The lowest BCUT2D eigenvalue weighted by atomic mass is 10.1. The molecule has 6 heteroatoms. The number of rotatable bonds is 8. The Morgan fingerprint density at radius 1 is 1.30 bits per heavy atom. The molecule has 1 rings (SSSR count). The van der Waals surface area contributed by atoms with Crippen LogP contribution in [-0.4, -0.2) is 48.1 Å². The van der Waals surface area contributed by atoms with Gasteiger partial charge in [-0.25, -0.2) is 0 Å². The van der Waals surface area contributed by atoms with Crippen LogP contribution < -0.4 is 10.6 Å². The first kappa shape index (κ1) is 19.5. The van der Waals surface area contributed by atoms with Gasteiger partial charge in [0.1, 0.15) is 0 Å². The molecule has 0 amide bonds. The summed E-state index contributed by atoms with van der Waals surface area (Å²) in [5.41, 5.74) is 3.64. The topological polar surface area (TPSA) is 63.5 Å². The van der Waals surface area contributed by atoms with E-state index in [-0.39, 0.29) is 6.04 Å². The summed E-state index contributed by atoms with van der Waals surface area (Å²) in [6.45, 7) is 12.1. The minimum Gasteiger partial charge on any atom is -0.379 e. The molecule has 6 nitrogen and oxygen atoms in total. The third-order valence-electron chi connectivity index (χ3n) is 3.84. The molecule has 0 spiro atoms. The van der Waals surface area contributed by atoms with E-state index < -0.39 is 0 Å². The van der Waals surface area contributed by atoms with E-state index >= 15 is 0 Å². The van der Waals surface area contributed by atoms with E-state index in [0.29, 0.717) is 6.10 Å². The van der Waals surface area contributed by atoms with Crippen molar-refractivity contribution in [2.24, 2.45) is 12.0 Å². The van der Waals surface area contributed by atoms with E-state index in [1.807, 2.05) is 11.7 Å². The molecule has 0 saturated heterocycles. The lowest BCUT2D eigenvalue weighted by Gasteiger charge is -2.18. The average molecular weight is 323 g/mol. The molecular weight excluding hydrogens is 290 g/mol. The van der Waals surface area contributed by atoms with Crippen molar-refractivity contribution < 1.29 is 4.74 Å². The zero-order valence-electron chi connectivity index (χ0n) is 15.7. The van der Waals surface area contributed by atoms with Gasteiger partial charge in [-0.3, -0.25) is 9.67 Å². The monoisotopic (exact) mass is 323 g/mol. The molecule has 132 valence electrons. The number of aromatic nitrogens is 2. The molecule has 0 aliphatic carbocycles. The van der Waals surface area contributed by atoms with Crippen molar-refractivity contribution in [3.8, 4) is 0 Å². The van der Waals surface area contributed by atoms with E-state index in [2.05, 4.69) is 55.3 Å². The van der Waals surface area contributed by atoms with Gasteiger partial charge < -0.3 is 15.4 Å². The van der Waals surface area contributed by atoms with Crippen LogP contribution in [0.3, 0.4) is 0 Å². The summed E-state index contributed by atoms with van der Waals surface area (Å²) in [6, 6.07) is 0.287. The second kappa shape index (κ2) is 9.55. The molecule has 0 radical (unpaired) electrons. The van der Waals surface area contributed by atoms with Crippen molar-refractivity contribution in [1.29, 1.82) is 0 Å². The molecule has 0 bridgehead atoms. The quantitative estimate of drug-likeness (QED) is 0.436. The van der Waals surface area contributed by atoms with Gasteiger partial charge in [-0.2, -0.15) is 5.10 Å². The lowest BCUT2D eigenvalue weighted by molar-refractivity contribution is 0.0776. The summed E-state index contributed by atoms with van der Waals surface area (Å²) in [7, 11) is 3.79. The number of nitrogens with one attached hydrogen (secondary N) is 2. The predicted molar refractivity (Wildman–Crippen MR) is 96.1 cm³/mol. The number of aryl methyl sites for hydroxylation is 2. The Morgan fingerprint density at radius 3 is 2.52 bits per heavy atom. The molecule has 1 unspecified atom stereocenters. The SMILES string of the molecule is CN=C(NCCCOC(C)C)NC(C)Cc1c(C)nn(C)c1C. The van der Waals surface area contributed by atoms with E-state index in [1.54, 1.807) is 7.05 Å². The molecular formula is C17H33N5O.